The monoisotopic (exact) mass is 454 g/mol. The summed E-state index contributed by atoms with van der Waals surface area (Å²) in [6.45, 7) is 0.529. The van der Waals surface area contributed by atoms with Crippen molar-refractivity contribution < 1.29 is 23.3 Å². The summed E-state index contributed by atoms with van der Waals surface area (Å²) in [4.78, 5) is 12.4. The molecule has 2 aliphatic rings. The van der Waals surface area contributed by atoms with Gasteiger partial charge in [0.05, 0.1) is 31.7 Å². The zero-order valence-corrected chi connectivity index (χ0v) is 17.5. The lowest BCUT2D eigenvalue weighted by atomic mass is 9.89. The standard InChI is InChI=1S/C15H19BrO5P2S/c1-18-13(17)6-24-12-3-7(16)2-8-14-9(5-19-22)10(21-23)4-11(14)20-15(8)12/h2-3,9-11,14H,4-6,22-23H2,1H3/t9-,10+,11-,14+/m0/s1/i23T/t9-,10+,11-,14+,23?. The summed E-state index contributed by atoms with van der Waals surface area (Å²) in [5, 5.41) is 0. The Bertz CT molecular complexity index is 653. The number of carbonyl (C=O) groups is 1. The van der Waals surface area contributed by atoms with E-state index in [1.165, 1.54) is 18.9 Å². The highest BCUT2D eigenvalue weighted by Gasteiger charge is 2.51. The first-order chi connectivity index (χ1) is 12.1. The number of halogens is 1. The highest BCUT2D eigenvalue weighted by atomic mass is 79.9. The second kappa shape index (κ2) is 8.20. The molecule has 2 unspecified atom stereocenters. The molecule has 0 aromatic heterocycles. The molecule has 0 N–H and O–H groups in total. The van der Waals surface area contributed by atoms with E-state index >= 15 is 0 Å². The maximum Gasteiger partial charge on any atom is 0.315 e. The molecule has 1 saturated carbocycles. The van der Waals surface area contributed by atoms with Crippen molar-refractivity contribution in [2.75, 3.05) is 19.5 Å². The number of rotatable bonds is 7. The second-order valence-corrected chi connectivity index (χ2v) is 8.26. The molecular formula is C15H19BrO5P2S. The van der Waals surface area contributed by atoms with Crippen LogP contribution in [0.25, 0.3) is 0 Å². The number of carbonyl (C=O) groups excluding carboxylic acids is 1. The van der Waals surface area contributed by atoms with Crippen molar-refractivity contribution in [1.82, 2.24) is 0 Å². The summed E-state index contributed by atoms with van der Waals surface area (Å²) in [7, 11) is 3.37. The van der Waals surface area contributed by atoms with Gasteiger partial charge in [-0.1, -0.05) is 15.9 Å². The molecule has 0 bridgehead atoms. The van der Waals surface area contributed by atoms with Crippen LogP contribution in [0.15, 0.2) is 21.5 Å². The van der Waals surface area contributed by atoms with Gasteiger partial charge in [0.1, 0.15) is 11.9 Å². The fourth-order valence-corrected chi connectivity index (χ4v) is 5.50. The van der Waals surface area contributed by atoms with Crippen LogP contribution in [0.4, 0.5) is 0 Å². The molecule has 9 heteroatoms. The van der Waals surface area contributed by atoms with Gasteiger partial charge in [0.25, 0.3) is 0 Å². The number of hydrogen-bond acceptors (Lipinski definition) is 6. The zero-order valence-electron chi connectivity index (χ0n) is 14.0. The molecule has 0 amide bonds. The lowest BCUT2D eigenvalue weighted by Gasteiger charge is -2.22. The number of benzene rings is 1. The molecule has 24 heavy (non-hydrogen) atoms. The van der Waals surface area contributed by atoms with Gasteiger partial charge >= 0.3 is 5.97 Å². The molecule has 1 aliphatic carbocycles. The fraction of sp³-hybridized carbons (Fsp3) is 0.533. The first-order valence-electron chi connectivity index (χ1n) is 7.92. The Morgan fingerprint density at radius 3 is 3.12 bits per heavy atom. The van der Waals surface area contributed by atoms with Gasteiger partial charge in [-0.2, -0.15) is 0 Å². The van der Waals surface area contributed by atoms with Gasteiger partial charge in [-0.15, -0.1) is 11.8 Å². The van der Waals surface area contributed by atoms with Crippen LogP contribution in [0.3, 0.4) is 0 Å². The summed E-state index contributed by atoms with van der Waals surface area (Å²) in [6, 6.07) is 4.04. The molecule has 1 heterocycles. The molecule has 1 aromatic carbocycles. The van der Waals surface area contributed by atoms with E-state index < -0.39 is 0 Å². The Balaban J connectivity index is 1.89. The van der Waals surface area contributed by atoms with E-state index in [2.05, 4.69) is 31.5 Å². The molecule has 0 spiro atoms. The van der Waals surface area contributed by atoms with Crippen molar-refractivity contribution in [3.8, 4) is 5.75 Å². The summed E-state index contributed by atoms with van der Waals surface area (Å²) in [5.74, 6) is 1.10. The third kappa shape index (κ3) is 3.62. The first-order valence-corrected chi connectivity index (χ1v) is 10.1. The number of methoxy groups -OCH3 is 1. The van der Waals surface area contributed by atoms with E-state index in [1.807, 2.05) is 6.07 Å². The molecule has 132 valence electrons. The summed E-state index contributed by atoms with van der Waals surface area (Å²) in [5.41, 5.74) is 1.11. The Morgan fingerprint density at radius 2 is 2.42 bits per heavy atom. The van der Waals surface area contributed by atoms with E-state index in [9.17, 15) is 4.79 Å². The Morgan fingerprint density at radius 1 is 1.58 bits per heavy atom. The fourth-order valence-electron chi connectivity index (χ4n) is 3.48. The van der Waals surface area contributed by atoms with Gasteiger partial charge in [-0.25, -0.2) is 0 Å². The van der Waals surface area contributed by atoms with Crippen molar-refractivity contribution in [1.29, 1.82) is 1.28 Å². The maximum absolute atomic E-state index is 11.5. The predicted molar refractivity (Wildman–Crippen MR) is 102 cm³/mol. The molecule has 3 rings (SSSR count). The largest absolute Gasteiger partial charge is 0.488 e. The number of ether oxygens (including phenoxy) is 2. The number of hydrogen-bond donors (Lipinski definition) is 0. The van der Waals surface area contributed by atoms with Crippen LogP contribution in [0, 0.1) is 5.92 Å². The van der Waals surface area contributed by atoms with E-state index in [4.69, 9.17) is 19.8 Å². The van der Waals surface area contributed by atoms with Crippen LogP contribution in [0.2, 0.25) is 0 Å². The van der Waals surface area contributed by atoms with E-state index in [1.54, 1.807) is 0 Å². The topological polar surface area (TPSA) is 54.0 Å². The van der Waals surface area contributed by atoms with Crippen LogP contribution in [-0.4, -0.2) is 38.9 Å². The minimum Gasteiger partial charge on any atom is -0.488 e. The van der Waals surface area contributed by atoms with Crippen molar-refractivity contribution in [2.45, 2.75) is 29.4 Å². The predicted octanol–water partition coefficient (Wildman–Crippen LogP) is 3.56. The molecule has 1 aromatic rings. The van der Waals surface area contributed by atoms with Crippen LogP contribution in [0.5, 0.6) is 5.75 Å². The number of fused-ring (bicyclic) bond motifs is 3. The normalized spacial score (nSPS) is 28.5. The molecule has 0 saturated heterocycles. The highest BCUT2D eigenvalue weighted by molar-refractivity contribution is 9.10. The second-order valence-electron chi connectivity index (χ2n) is 5.76. The quantitative estimate of drug-likeness (QED) is 0.356. The molecule has 1 fully saturated rings. The van der Waals surface area contributed by atoms with Crippen molar-refractivity contribution in [3.63, 3.8) is 0 Å². The molecule has 1 aliphatic heterocycles. The minimum absolute atomic E-state index is 0.00766. The number of thioether (sulfide) groups is 1. The Kier molecular flexibility index (Phi) is 5.98. The lowest BCUT2D eigenvalue weighted by molar-refractivity contribution is -0.137. The highest BCUT2D eigenvalue weighted by Crippen LogP contribution is 2.54. The molecule has 0 radical (unpaired) electrons. The lowest BCUT2D eigenvalue weighted by Crippen LogP contribution is -2.23. The third-order valence-electron chi connectivity index (χ3n) is 4.49. The van der Waals surface area contributed by atoms with Gasteiger partial charge in [-0.05, 0) is 12.1 Å². The van der Waals surface area contributed by atoms with Crippen molar-refractivity contribution in [3.05, 3.63) is 22.2 Å². The molecule has 5 nitrogen and oxygen atoms in total. The van der Waals surface area contributed by atoms with Gasteiger partial charge in [0.2, 0.25) is 0 Å². The van der Waals surface area contributed by atoms with Gasteiger partial charge in [0.15, 0.2) is 0 Å². The van der Waals surface area contributed by atoms with E-state index in [-0.39, 0.29) is 45.2 Å². The summed E-state index contributed by atoms with van der Waals surface area (Å²) < 4.78 is 30.2. The summed E-state index contributed by atoms with van der Waals surface area (Å²) >= 11 is 4.97. The average Bonchev–Trinajstić information content (AvgIpc) is 3.10. The minimum atomic E-state index is -0.301. The van der Waals surface area contributed by atoms with Gasteiger partial charge in [0, 0.05) is 47.2 Å². The maximum atomic E-state index is 11.5. The molecular weight excluding hydrogens is 434 g/mol. The van der Waals surface area contributed by atoms with Crippen LogP contribution < -0.4 is 4.74 Å². The van der Waals surface area contributed by atoms with E-state index in [0.29, 0.717) is 6.61 Å². The Labute approximate surface area is 159 Å². The summed E-state index contributed by atoms with van der Waals surface area (Å²) in [6.07, 6.45) is 0.709. The van der Waals surface area contributed by atoms with Crippen LogP contribution in [0.1, 0.15) is 17.9 Å². The van der Waals surface area contributed by atoms with Crippen molar-refractivity contribution >= 4 is 52.5 Å². The SMILES string of the molecule is [3H]PO[C@@H]1C[C@@H]2Oc3c(SCC(=O)OC)cc(Br)cc3[C@@H]2[C@H]1COP. The van der Waals surface area contributed by atoms with E-state index in [0.717, 1.165) is 27.1 Å². The van der Waals surface area contributed by atoms with Crippen LogP contribution in [-0.2, 0) is 18.6 Å². The third-order valence-corrected chi connectivity index (χ3v) is 6.44. The van der Waals surface area contributed by atoms with Crippen molar-refractivity contribution in [2.24, 2.45) is 5.92 Å². The van der Waals surface area contributed by atoms with Crippen LogP contribution >= 0.6 is 46.6 Å². The Hall–Kier alpha value is 0.100. The zero-order chi connectivity index (χ0) is 18.0. The van der Waals surface area contributed by atoms with Gasteiger partial charge < -0.3 is 18.5 Å². The average molecular weight is 455 g/mol. The van der Waals surface area contributed by atoms with Gasteiger partial charge in [-0.3, -0.25) is 4.79 Å². The smallest absolute Gasteiger partial charge is 0.315 e. The number of esters is 1. The molecule has 6 atom stereocenters. The first kappa shape index (κ1) is 17.5.